The lowest BCUT2D eigenvalue weighted by Crippen LogP contribution is -2.33. The maximum absolute atomic E-state index is 12.9. The van der Waals surface area contributed by atoms with E-state index in [1.54, 1.807) is 0 Å². The number of likely N-dealkylation sites (tertiary alicyclic amines) is 1. The van der Waals surface area contributed by atoms with Gasteiger partial charge in [0, 0.05) is 25.6 Å². The minimum Gasteiger partial charge on any atom is -0.492 e. The standard InChI is InChI=1S/C21H26N2O2/c22-18-9-6-14-23(15-12-18)21(24)19-10-4-5-11-20(19)25-16-13-17-7-2-1-3-8-17/h1-5,7-8,10-11,18H,6,9,12-16,22H2/t18-/m0/s1. The lowest BCUT2D eigenvalue weighted by molar-refractivity contribution is 0.0757. The summed E-state index contributed by atoms with van der Waals surface area (Å²) in [5.41, 5.74) is 7.90. The highest BCUT2D eigenvalue weighted by Crippen LogP contribution is 2.22. The van der Waals surface area contributed by atoms with Gasteiger partial charge in [0.25, 0.3) is 5.91 Å². The van der Waals surface area contributed by atoms with Crippen molar-refractivity contribution >= 4 is 5.91 Å². The molecule has 0 unspecified atom stereocenters. The molecule has 0 saturated carbocycles. The average molecular weight is 338 g/mol. The molecule has 0 spiro atoms. The molecule has 1 aliphatic rings. The summed E-state index contributed by atoms with van der Waals surface area (Å²) in [5.74, 6) is 0.710. The topological polar surface area (TPSA) is 55.6 Å². The Kier molecular flexibility index (Phi) is 6.07. The van der Waals surface area contributed by atoms with Crippen LogP contribution < -0.4 is 10.5 Å². The van der Waals surface area contributed by atoms with E-state index in [-0.39, 0.29) is 11.9 Å². The third-order valence-electron chi connectivity index (χ3n) is 4.67. The van der Waals surface area contributed by atoms with Gasteiger partial charge in [-0.3, -0.25) is 4.79 Å². The van der Waals surface area contributed by atoms with Gasteiger partial charge in [-0.2, -0.15) is 0 Å². The summed E-state index contributed by atoms with van der Waals surface area (Å²) in [6.07, 6.45) is 3.63. The minimum absolute atomic E-state index is 0.0458. The van der Waals surface area contributed by atoms with Crippen molar-refractivity contribution in [3.8, 4) is 5.75 Å². The fourth-order valence-electron chi connectivity index (χ4n) is 3.19. The molecule has 4 heteroatoms. The van der Waals surface area contributed by atoms with Gasteiger partial charge >= 0.3 is 0 Å². The number of hydrogen-bond donors (Lipinski definition) is 1. The van der Waals surface area contributed by atoms with Crippen molar-refractivity contribution in [2.24, 2.45) is 5.73 Å². The van der Waals surface area contributed by atoms with Gasteiger partial charge in [0.15, 0.2) is 0 Å². The molecule has 3 rings (SSSR count). The SMILES string of the molecule is N[C@H]1CCCN(C(=O)c2ccccc2OCCc2ccccc2)CC1. The second-order valence-electron chi connectivity index (χ2n) is 6.56. The summed E-state index contributed by atoms with van der Waals surface area (Å²) in [5, 5.41) is 0. The number of nitrogens with two attached hydrogens (primary N) is 1. The van der Waals surface area contributed by atoms with Gasteiger partial charge in [-0.15, -0.1) is 0 Å². The van der Waals surface area contributed by atoms with Crippen molar-refractivity contribution < 1.29 is 9.53 Å². The second kappa shape index (κ2) is 8.67. The third-order valence-corrected chi connectivity index (χ3v) is 4.67. The number of amides is 1. The summed E-state index contributed by atoms with van der Waals surface area (Å²) in [6.45, 7) is 2.04. The number of rotatable bonds is 5. The molecule has 2 aromatic rings. The molecule has 0 aromatic heterocycles. The van der Waals surface area contributed by atoms with E-state index in [0.29, 0.717) is 17.9 Å². The number of ether oxygens (including phenoxy) is 1. The van der Waals surface area contributed by atoms with E-state index in [0.717, 1.165) is 38.8 Å². The minimum atomic E-state index is 0.0458. The molecule has 1 aliphatic heterocycles. The molecule has 132 valence electrons. The molecule has 1 saturated heterocycles. The Morgan fingerprint density at radius 3 is 2.64 bits per heavy atom. The van der Waals surface area contributed by atoms with Crippen molar-refractivity contribution in [2.75, 3.05) is 19.7 Å². The van der Waals surface area contributed by atoms with Crippen LogP contribution in [0.3, 0.4) is 0 Å². The molecule has 1 amide bonds. The fraction of sp³-hybridized carbons (Fsp3) is 0.381. The van der Waals surface area contributed by atoms with Crippen LogP contribution in [-0.4, -0.2) is 36.5 Å². The Hall–Kier alpha value is -2.33. The van der Waals surface area contributed by atoms with Crippen LogP contribution in [0.2, 0.25) is 0 Å². The van der Waals surface area contributed by atoms with Gasteiger partial charge < -0.3 is 15.4 Å². The summed E-state index contributed by atoms with van der Waals surface area (Å²) < 4.78 is 5.93. The Morgan fingerprint density at radius 2 is 1.80 bits per heavy atom. The van der Waals surface area contributed by atoms with Crippen LogP contribution in [0, 0.1) is 0 Å². The quantitative estimate of drug-likeness (QED) is 0.910. The average Bonchev–Trinajstić information content (AvgIpc) is 2.87. The first-order valence-corrected chi connectivity index (χ1v) is 9.04. The molecule has 0 aliphatic carbocycles. The van der Waals surface area contributed by atoms with Gasteiger partial charge in [0.1, 0.15) is 5.75 Å². The number of para-hydroxylation sites is 1. The smallest absolute Gasteiger partial charge is 0.257 e. The third kappa shape index (κ3) is 4.83. The summed E-state index contributed by atoms with van der Waals surface area (Å²) in [4.78, 5) is 14.8. The Labute approximate surface area is 149 Å². The van der Waals surface area contributed by atoms with Crippen molar-refractivity contribution in [1.29, 1.82) is 0 Å². The number of carbonyl (C=O) groups is 1. The molecular formula is C21H26N2O2. The van der Waals surface area contributed by atoms with E-state index in [1.165, 1.54) is 5.56 Å². The number of nitrogens with zero attached hydrogens (tertiary/aromatic N) is 1. The fourth-order valence-corrected chi connectivity index (χ4v) is 3.19. The van der Waals surface area contributed by atoms with E-state index in [1.807, 2.05) is 47.4 Å². The van der Waals surface area contributed by atoms with Crippen LogP contribution in [0.15, 0.2) is 54.6 Å². The first-order valence-electron chi connectivity index (χ1n) is 9.04. The van der Waals surface area contributed by atoms with Crippen molar-refractivity contribution in [3.05, 3.63) is 65.7 Å². The zero-order valence-corrected chi connectivity index (χ0v) is 14.6. The van der Waals surface area contributed by atoms with Crippen LogP contribution in [-0.2, 0) is 6.42 Å². The van der Waals surface area contributed by atoms with Crippen molar-refractivity contribution in [1.82, 2.24) is 4.90 Å². The summed E-state index contributed by atoms with van der Waals surface area (Å²) in [7, 11) is 0. The van der Waals surface area contributed by atoms with Gasteiger partial charge in [-0.1, -0.05) is 42.5 Å². The molecule has 4 nitrogen and oxygen atoms in total. The molecular weight excluding hydrogens is 312 g/mol. The molecule has 1 heterocycles. The highest BCUT2D eigenvalue weighted by Gasteiger charge is 2.22. The monoisotopic (exact) mass is 338 g/mol. The van der Waals surface area contributed by atoms with E-state index in [9.17, 15) is 4.79 Å². The highest BCUT2D eigenvalue weighted by atomic mass is 16.5. The predicted octanol–water partition coefficient (Wildman–Crippen LogP) is 3.26. The van der Waals surface area contributed by atoms with Crippen LogP contribution in [0.4, 0.5) is 0 Å². The first kappa shape index (κ1) is 17.5. The van der Waals surface area contributed by atoms with E-state index in [2.05, 4.69) is 12.1 Å². The molecule has 0 bridgehead atoms. The largest absolute Gasteiger partial charge is 0.492 e. The van der Waals surface area contributed by atoms with Crippen LogP contribution >= 0.6 is 0 Å². The van der Waals surface area contributed by atoms with Gasteiger partial charge in [-0.05, 0) is 37.0 Å². The van der Waals surface area contributed by atoms with Crippen LogP contribution in [0.25, 0.3) is 0 Å². The number of hydrogen-bond acceptors (Lipinski definition) is 3. The lowest BCUT2D eigenvalue weighted by Gasteiger charge is -2.22. The molecule has 2 aromatic carbocycles. The maximum atomic E-state index is 12.9. The van der Waals surface area contributed by atoms with Crippen LogP contribution in [0.1, 0.15) is 35.2 Å². The molecule has 1 atom stereocenters. The molecule has 25 heavy (non-hydrogen) atoms. The van der Waals surface area contributed by atoms with Gasteiger partial charge in [0.05, 0.1) is 12.2 Å². The van der Waals surface area contributed by atoms with Gasteiger partial charge in [-0.25, -0.2) is 0 Å². The maximum Gasteiger partial charge on any atom is 0.257 e. The number of carbonyl (C=O) groups excluding carboxylic acids is 1. The Morgan fingerprint density at radius 1 is 1.04 bits per heavy atom. The predicted molar refractivity (Wildman–Crippen MR) is 99.8 cm³/mol. The molecule has 2 N–H and O–H groups in total. The molecule has 0 radical (unpaired) electrons. The van der Waals surface area contributed by atoms with Crippen molar-refractivity contribution in [3.63, 3.8) is 0 Å². The summed E-state index contributed by atoms with van der Waals surface area (Å²) >= 11 is 0. The van der Waals surface area contributed by atoms with Crippen molar-refractivity contribution in [2.45, 2.75) is 31.7 Å². The van der Waals surface area contributed by atoms with E-state index < -0.39 is 0 Å². The lowest BCUT2D eigenvalue weighted by atomic mass is 10.1. The van der Waals surface area contributed by atoms with Gasteiger partial charge in [0.2, 0.25) is 0 Å². The number of benzene rings is 2. The second-order valence-corrected chi connectivity index (χ2v) is 6.56. The Bertz CT molecular complexity index is 687. The summed E-state index contributed by atoms with van der Waals surface area (Å²) in [6, 6.07) is 18.0. The van der Waals surface area contributed by atoms with E-state index >= 15 is 0 Å². The van der Waals surface area contributed by atoms with Crippen LogP contribution in [0.5, 0.6) is 5.75 Å². The normalized spacial score (nSPS) is 17.8. The Balaban J connectivity index is 1.64. The van der Waals surface area contributed by atoms with E-state index in [4.69, 9.17) is 10.5 Å². The molecule has 1 fully saturated rings. The first-order chi connectivity index (χ1) is 12.2. The zero-order valence-electron chi connectivity index (χ0n) is 14.6. The highest BCUT2D eigenvalue weighted by molar-refractivity contribution is 5.97. The zero-order chi connectivity index (χ0) is 17.5.